The van der Waals surface area contributed by atoms with Gasteiger partial charge in [-0.05, 0) is 36.5 Å². The molecule has 2 aromatic carbocycles. The van der Waals surface area contributed by atoms with Crippen LogP contribution in [-0.4, -0.2) is 42.3 Å². The summed E-state index contributed by atoms with van der Waals surface area (Å²) in [6.45, 7) is 6.16. The van der Waals surface area contributed by atoms with E-state index in [-0.39, 0.29) is 5.56 Å². The lowest BCUT2D eigenvalue weighted by atomic mass is 10.2. The molecule has 2 N–H and O–H groups in total. The average molecular weight is 382 g/mol. The van der Waals surface area contributed by atoms with Gasteiger partial charge in [0.15, 0.2) is 4.77 Å². The first-order chi connectivity index (χ1) is 13.2. The molecule has 6 heteroatoms. The maximum atomic E-state index is 12.7. The molecule has 4 rings (SSSR count). The van der Waals surface area contributed by atoms with Gasteiger partial charge in [-0.25, -0.2) is 0 Å². The number of aromatic nitrogens is 2. The van der Waals surface area contributed by atoms with Gasteiger partial charge in [0, 0.05) is 18.7 Å². The highest BCUT2D eigenvalue weighted by molar-refractivity contribution is 7.71. The number of nitrogens with one attached hydrogen (secondary N) is 2. The highest BCUT2D eigenvalue weighted by atomic mass is 32.1. The van der Waals surface area contributed by atoms with E-state index in [2.05, 4.69) is 40.2 Å². The van der Waals surface area contributed by atoms with Crippen LogP contribution in [0.1, 0.15) is 6.42 Å². The normalized spacial score (nSPS) is 15.3. The second-order valence-corrected chi connectivity index (χ2v) is 7.50. The summed E-state index contributed by atoms with van der Waals surface area (Å²) in [5.41, 5.74) is 2.13. The molecule has 0 unspecified atom stereocenters. The van der Waals surface area contributed by atoms with E-state index in [1.807, 2.05) is 24.3 Å². The Balaban J connectivity index is 1.34. The van der Waals surface area contributed by atoms with Gasteiger partial charge in [0.1, 0.15) is 0 Å². The maximum absolute atomic E-state index is 12.7. The smallest absolute Gasteiger partial charge is 0.262 e. The molecule has 27 heavy (non-hydrogen) atoms. The Morgan fingerprint density at radius 1 is 1.00 bits per heavy atom. The van der Waals surface area contributed by atoms with Gasteiger partial charge >= 0.3 is 0 Å². The molecular weight excluding hydrogens is 356 g/mol. The minimum Gasteiger partial charge on any atom is -0.360 e. The Morgan fingerprint density at radius 2 is 1.70 bits per heavy atom. The Bertz CT molecular complexity index is 1020. The van der Waals surface area contributed by atoms with Crippen LogP contribution in [0.4, 0.5) is 5.69 Å². The second-order valence-electron chi connectivity index (χ2n) is 7.11. The third-order valence-electron chi connectivity index (χ3n) is 5.39. The summed E-state index contributed by atoms with van der Waals surface area (Å²) in [6.07, 6.45) is 0.955. The number of aromatic amines is 1. The van der Waals surface area contributed by atoms with Crippen molar-refractivity contribution in [3.63, 3.8) is 0 Å². The van der Waals surface area contributed by atoms with E-state index in [0.717, 1.165) is 44.7 Å². The van der Waals surface area contributed by atoms with Crippen LogP contribution in [0.5, 0.6) is 0 Å². The molecule has 1 aliphatic rings. The number of nitrogens with zero attached hydrogens (tertiary/aromatic N) is 2. The zero-order valence-electron chi connectivity index (χ0n) is 15.4. The molecule has 0 spiro atoms. The Morgan fingerprint density at radius 3 is 2.48 bits per heavy atom. The summed E-state index contributed by atoms with van der Waals surface area (Å²) in [7, 11) is 0. The van der Waals surface area contributed by atoms with E-state index in [0.29, 0.717) is 16.7 Å². The van der Waals surface area contributed by atoms with Gasteiger partial charge in [-0.3, -0.25) is 9.36 Å². The van der Waals surface area contributed by atoms with Crippen LogP contribution in [0.15, 0.2) is 59.4 Å². The van der Waals surface area contributed by atoms with Gasteiger partial charge < -0.3 is 14.8 Å². The molecule has 3 aromatic rings. The predicted molar refractivity (Wildman–Crippen MR) is 112 cm³/mol. The molecule has 1 fully saturated rings. The lowest BCUT2D eigenvalue weighted by Gasteiger charge is -2.33. The maximum Gasteiger partial charge on any atom is 0.262 e. The Kier molecular flexibility index (Phi) is 5.36. The topological polar surface area (TPSA) is 45.5 Å². The van der Waals surface area contributed by atoms with Crippen molar-refractivity contribution in [1.29, 1.82) is 0 Å². The number of anilines is 1. The molecule has 0 radical (unpaired) electrons. The van der Waals surface area contributed by atoms with Crippen molar-refractivity contribution in [2.45, 2.75) is 13.0 Å². The first kappa shape index (κ1) is 17.9. The quantitative estimate of drug-likeness (QED) is 0.663. The van der Waals surface area contributed by atoms with E-state index in [9.17, 15) is 4.79 Å². The first-order valence-electron chi connectivity index (χ1n) is 9.58. The molecular formula is C21H25N4OS+. The summed E-state index contributed by atoms with van der Waals surface area (Å²) < 4.78 is 2.22. The fourth-order valence-corrected chi connectivity index (χ4v) is 4.14. The largest absolute Gasteiger partial charge is 0.360 e. The SMILES string of the molecule is O=c1c2ccccc2[nH]c(=S)n1CCC[NH+]1CCN(c2ccccc2)CC1. The van der Waals surface area contributed by atoms with Crippen LogP contribution in [0.25, 0.3) is 10.9 Å². The van der Waals surface area contributed by atoms with E-state index in [4.69, 9.17) is 12.2 Å². The Hall–Kier alpha value is -2.44. The number of quaternary nitrogens is 1. The lowest BCUT2D eigenvalue weighted by Crippen LogP contribution is -3.14. The molecule has 0 aliphatic carbocycles. The van der Waals surface area contributed by atoms with Crippen LogP contribution in [0.3, 0.4) is 0 Å². The van der Waals surface area contributed by atoms with E-state index in [1.165, 1.54) is 5.69 Å². The number of fused-ring (bicyclic) bond motifs is 1. The van der Waals surface area contributed by atoms with E-state index in [1.54, 1.807) is 9.47 Å². The number of hydrogen-bond donors (Lipinski definition) is 2. The van der Waals surface area contributed by atoms with Gasteiger partial charge in [0.2, 0.25) is 0 Å². The summed E-state index contributed by atoms with van der Waals surface area (Å²) in [4.78, 5) is 19.9. The summed E-state index contributed by atoms with van der Waals surface area (Å²) in [6, 6.07) is 18.2. The molecule has 140 valence electrons. The van der Waals surface area contributed by atoms with Gasteiger partial charge in [0.05, 0.1) is 43.6 Å². The minimum atomic E-state index is 0.0123. The van der Waals surface area contributed by atoms with Crippen molar-refractivity contribution < 1.29 is 4.90 Å². The van der Waals surface area contributed by atoms with Gasteiger partial charge in [-0.2, -0.15) is 0 Å². The minimum absolute atomic E-state index is 0.0123. The number of rotatable bonds is 5. The first-order valence-corrected chi connectivity index (χ1v) is 9.98. The van der Waals surface area contributed by atoms with Crippen molar-refractivity contribution in [1.82, 2.24) is 9.55 Å². The van der Waals surface area contributed by atoms with Gasteiger partial charge in [-0.15, -0.1) is 0 Å². The van der Waals surface area contributed by atoms with Crippen LogP contribution >= 0.6 is 12.2 Å². The number of para-hydroxylation sites is 2. The molecule has 5 nitrogen and oxygen atoms in total. The van der Waals surface area contributed by atoms with Crippen LogP contribution < -0.4 is 15.4 Å². The van der Waals surface area contributed by atoms with Crippen molar-refractivity contribution in [2.24, 2.45) is 0 Å². The number of benzene rings is 2. The van der Waals surface area contributed by atoms with E-state index < -0.39 is 0 Å². The molecule has 1 saturated heterocycles. The third kappa shape index (κ3) is 3.96. The summed E-state index contributed by atoms with van der Waals surface area (Å²) in [5.74, 6) is 0. The lowest BCUT2D eigenvalue weighted by molar-refractivity contribution is -0.900. The summed E-state index contributed by atoms with van der Waals surface area (Å²) in [5, 5.41) is 0.704. The average Bonchev–Trinajstić information content (AvgIpc) is 2.71. The third-order valence-corrected chi connectivity index (χ3v) is 5.72. The molecule has 0 saturated carbocycles. The van der Waals surface area contributed by atoms with Crippen molar-refractivity contribution >= 4 is 28.8 Å². The fraction of sp³-hybridized carbons (Fsp3) is 0.333. The molecule has 1 aromatic heterocycles. The fourth-order valence-electron chi connectivity index (χ4n) is 3.86. The van der Waals surface area contributed by atoms with E-state index >= 15 is 0 Å². The number of piperazine rings is 1. The van der Waals surface area contributed by atoms with Gasteiger partial charge in [-0.1, -0.05) is 30.3 Å². The molecule has 0 bridgehead atoms. The predicted octanol–water partition coefficient (Wildman–Crippen LogP) is 1.85. The second kappa shape index (κ2) is 8.06. The highest BCUT2D eigenvalue weighted by Gasteiger charge is 2.19. The highest BCUT2D eigenvalue weighted by Crippen LogP contribution is 2.12. The van der Waals surface area contributed by atoms with Crippen molar-refractivity contribution in [3.05, 3.63) is 69.7 Å². The standard InChI is InChI=1S/C21H24N4OS/c26-20-18-9-4-5-10-19(18)22-21(27)25(20)12-6-11-23-13-15-24(16-14-23)17-7-2-1-3-8-17/h1-5,7-10H,6,11-16H2,(H,22,27)/p+1. The summed E-state index contributed by atoms with van der Waals surface area (Å²) >= 11 is 5.40. The molecule has 0 amide bonds. The van der Waals surface area contributed by atoms with Crippen molar-refractivity contribution in [3.8, 4) is 0 Å². The Labute approximate surface area is 163 Å². The number of H-pyrrole nitrogens is 1. The molecule has 1 aliphatic heterocycles. The van der Waals surface area contributed by atoms with Crippen LogP contribution in [-0.2, 0) is 6.54 Å². The van der Waals surface area contributed by atoms with Crippen LogP contribution in [0, 0.1) is 4.77 Å². The van der Waals surface area contributed by atoms with Gasteiger partial charge in [0.25, 0.3) is 5.56 Å². The zero-order valence-corrected chi connectivity index (χ0v) is 16.2. The monoisotopic (exact) mass is 381 g/mol. The van der Waals surface area contributed by atoms with Crippen molar-refractivity contribution in [2.75, 3.05) is 37.6 Å². The molecule has 0 atom stereocenters. The number of hydrogen-bond acceptors (Lipinski definition) is 3. The zero-order chi connectivity index (χ0) is 18.6. The molecule has 2 heterocycles. The van der Waals surface area contributed by atoms with Crippen LogP contribution in [0.2, 0.25) is 0 Å².